The minimum atomic E-state index is 0. The maximum absolute atomic E-state index is 5.76. The molecule has 0 bridgehead atoms. The first-order valence-electron chi connectivity index (χ1n) is 10.3. The standard InChI is InChI=1S/C21H32N6O.HI/c1-17-25-26-20(27(17)2)16-23-21(24-18-10-5-3-6-11-18)22-14-9-15-28-19-12-7-4-8-13-19;/h4,7-8,12-13,18H,3,5-6,9-11,14-16H2,1-2H3,(H2,22,23,24);1H. The van der Waals surface area contributed by atoms with E-state index in [1.54, 1.807) is 0 Å². The summed E-state index contributed by atoms with van der Waals surface area (Å²) in [5.41, 5.74) is 0. The van der Waals surface area contributed by atoms with Gasteiger partial charge in [0.15, 0.2) is 11.8 Å². The summed E-state index contributed by atoms with van der Waals surface area (Å²) < 4.78 is 7.75. The fraction of sp³-hybridized carbons (Fsp3) is 0.571. The third-order valence-electron chi connectivity index (χ3n) is 5.13. The molecule has 0 spiro atoms. The number of halogens is 1. The van der Waals surface area contributed by atoms with Crippen LogP contribution in [-0.4, -0.2) is 39.9 Å². The van der Waals surface area contributed by atoms with Gasteiger partial charge in [0.1, 0.15) is 18.1 Å². The minimum Gasteiger partial charge on any atom is -0.494 e. The zero-order valence-electron chi connectivity index (χ0n) is 17.4. The predicted molar refractivity (Wildman–Crippen MR) is 127 cm³/mol. The zero-order valence-corrected chi connectivity index (χ0v) is 19.8. The summed E-state index contributed by atoms with van der Waals surface area (Å²) in [6, 6.07) is 10.4. The molecule has 29 heavy (non-hydrogen) atoms. The van der Waals surface area contributed by atoms with Crippen molar-refractivity contribution in [2.24, 2.45) is 12.0 Å². The molecule has 1 aliphatic carbocycles. The minimum absolute atomic E-state index is 0. The largest absolute Gasteiger partial charge is 0.494 e. The maximum Gasteiger partial charge on any atom is 0.191 e. The second kappa shape index (κ2) is 12.7. The van der Waals surface area contributed by atoms with Gasteiger partial charge in [-0.2, -0.15) is 0 Å². The van der Waals surface area contributed by atoms with E-state index < -0.39 is 0 Å². The fourth-order valence-corrected chi connectivity index (χ4v) is 3.32. The fourth-order valence-electron chi connectivity index (χ4n) is 3.32. The summed E-state index contributed by atoms with van der Waals surface area (Å²) in [5.74, 6) is 3.54. The van der Waals surface area contributed by atoms with Gasteiger partial charge in [0.2, 0.25) is 0 Å². The molecule has 0 amide bonds. The molecule has 0 aliphatic heterocycles. The molecule has 2 aromatic rings. The van der Waals surface area contributed by atoms with Crippen LogP contribution in [0.1, 0.15) is 50.2 Å². The summed E-state index contributed by atoms with van der Waals surface area (Å²) in [6.07, 6.45) is 7.24. The van der Waals surface area contributed by atoms with Crippen molar-refractivity contribution >= 4 is 29.9 Å². The quantitative estimate of drug-likeness (QED) is 0.245. The van der Waals surface area contributed by atoms with Crippen LogP contribution in [0.3, 0.4) is 0 Å². The monoisotopic (exact) mass is 512 g/mol. The first-order chi connectivity index (χ1) is 13.7. The molecule has 3 rings (SSSR count). The maximum atomic E-state index is 5.76. The van der Waals surface area contributed by atoms with E-state index >= 15 is 0 Å². The predicted octanol–water partition coefficient (Wildman–Crippen LogP) is 3.58. The number of nitrogens with zero attached hydrogens (tertiary/aromatic N) is 4. The highest BCUT2D eigenvalue weighted by atomic mass is 127. The number of hydrogen-bond donors (Lipinski definition) is 2. The Bertz CT molecular complexity index is 743. The lowest BCUT2D eigenvalue weighted by Crippen LogP contribution is -2.44. The number of guanidine groups is 1. The van der Waals surface area contributed by atoms with E-state index in [-0.39, 0.29) is 24.0 Å². The van der Waals surface area contributed by atoms with Crippen molar-refractivity contribution in [1.29, 1.82) is 0 Å². The number of ether oxygens (including phenoxy) is 1. The topological polar surface area (TPSA) is 76.4 Å². The summed E-state index contributed by atoms with van der Waals surface area (Å²) >= 11 is 0. The number of nitrogens with one attached hydrogen (secondary N) is 2. The SMILES string of the molecule is Cc1nnc(CN=C(NCCCOc2ccccc2)NC2CCCCC2)n1C.I. The van der Waals surface area contributed by atoms with E-state index in [9.17, 15) is 0 Å². The number of aliphatic imine (C=N–C) groups is 1. The van der Waals surface area contributed by atoms with Gasteiger partial charge >= 0.3 is 0 Å². The van der Waals surface area contributed by atoms with Crippen molar-refractivity contribution in [1.82, 2.24) is 25.4 Å². The molecular formula is C21H33IN6O. The number of benzene rings is 1. The van der Waals surface area contributed by atoms with Gasteiger partial charge in [-0.1, -0.05) is 37.5 Å². The highest BCUT2D eigenvalue weighted by Crippen LogP contribution is 2.17. The lowest BCUT2D eigenvalue weighted by molar-refractivity contribution is 0.311. The summed E-state index contributed by atoms with van der Waals surface area (Å²) in [4.78, 5) is 4.75. The van der Waals surface area contributed by atoms with Crippen molar-refractivity contribution in [3.05, 3.63) is 42.0 Å². The molecule has 1 fully saturated rings. The highest BCUT2D eigenvalue weighted by molar-refractivity contribution is 14.0. The van der Waals surface area contributed by atoms with E-state index in [0.29, 0.717) is 19.2 Å². The molecule has 1 aromatic heterocycles. The number of para-hydroxylation sites is 1. The lowest BCUT2D eigenvalue weighted by atomic mass is 9.96. The van der Waals surface area contributed by atoms with Gasteiger partial charge < -0.3 is 19.9 Å². The van der Waals surface area contributed by atoms with Gasteiger partial charge in [-0.25, -0.2) is 4.99 Å². The number of rotatable bonds is 8. The molecule has 0 atom stereocenters. The van der Waals surface area contributed by atoms with Crippen LogP contribution >= 0.6 is 24.0 Å². The molecule has 1 aromatic carbocycles. The molecule has 7 nitrogen and oxygen atoms in total. The second-order valence-electron chi connectivity index (χ2n) is 7.31. The average Bonchev–Trinajstić information content (AvgIpc) is 3.05. The third-order valence-corrected chi connectivity index (χ3v) is 5.13. The Morgan fingerprint density at radius 3 is 2.62 bits per heavy atom. The Morgan fingerprint density at radius 1 is 1.17 bits per heavy atom. The summed E-state index contributed by atoms with van der Waals surface area (Å²) in [6.45, 7) is 3.95. The first kappa shape index (κ1) is 23.4. The number of aryl methyl sites for hydroxylation is 1. The van der Waals surface area contributed by atoms with E-state index in [0.717, 1.165) is 36.3 Å². The molecule has 8 heteroatoms. The molecule has 1 heterocycles. The van der Waals surface area contributed by atoms with Crippen LogP contribution in [0.5, 0.6) is 5.75 Å². The van der Waals surface area contributed by atoms with Gasteiger partial charge in [-0.15, -0.1) is 34.2 Å². The lowest BCUT2D eigenvalue weighted by Gasteiger charge is -2.25. The van der Waals surface area contributed by atoms with E-state index in [2.05, 4.69) is 20.8 Å². The van der Waals surface area contributed by atoms with Gasteiger partial charge in [-0.05, 0) is 38.3 Å². The summed E-state index contributed by atoms with van der Waals surface area (Å²) in [7, 11) is 1.97. The van der Waals surface area contributed by atoms with E-state index in [1.807, 2.05) is 48.9 Å². The summed E-state index contributed by atoms with van der Waals surface area (Å²) in [5, 5.41) is 15.4. The van der Waals surface area contributed by atoms with Crippen LogP contribution in [-0.2, 0) is 13.6 Å². The van der Waals surface area contributed by atoms with Crippen LogP contribution in [0.25, 0.3) is 0 Å². The molecule has 2 N–H and O–H groups in total. The molecule has 0 saturated heterocycles. The highest BCUT2D eigenvalue weighted by Gasteiger charge is 2.15. The van der Waals surface area contributed by atoms with Crippen LogP contribution in [0.2, 0.25) is 0 Å². The smallest absolute Gasteiger partial charge is 0.191 e. The first-order valence-corrected chi connectivity index (χ1v) is 10.3. The third kappa shape index (κ3) is 7.83. The Balaban J connectivity index is 0.00000300. The van der Waals surface area contributed by atoms with Crippen LogP contribution in [0.4, 0.5) is 0 Å². The molecule has 160 valence electrons. The Morgan fingerprint density at radius 2 is 1.93 bits per heavy atom. The van der Waals surface area contributed by atoms with Crippen molar-refractivity contribution in [3.8, 4) is 5.75 Å². The van der Waals surface area contributed by atoms with Gasteiger partial charge in [0, 0.05) is 19.6 Å². The van der Waals surface area contributed by atoms with Crippen molar-refractivity contribution in [2.75, 3.05) is 13.2 Å². The second-order valence-corrected chi connectivity index (χ2v) is 7.31. The van der Waals surface area contributed by atoms with Crippen molar-refractivity contribution < 1.29 is 4.74 Å². The van der Waals surface area contributed by atoms with Crippen molar-refractivity contribution in [2.45, 2.75) is 58.0 Å². The van der Waals surface area contributed by atoms with Gasteiger partial charge in [-0.3, -0.25) is 0 Å². The Labute approximate surface area is 190 Å². The number of aromatic nitrogens is 3. The van der Waals surface area contributed by atoms with Gasteiger partial charge in [0.25, 0.3) is 0 Å². The molecular weight excluding hydrogens is 479 g/mol. The van der Waals surface area contributed by atoms with Crippen LogP contribution in [0.15, 0.2) is 35.3 Å². The van der Waals surface area contributed by atoms with E-state index in [4.69, 9.17) is 9.73 Å². The normalized spacial score (nSPS) is 14.9. The zero-order chi connectivity index (χ0) is 19.6. The van der Waals surface area contributed by atoms with Crippen molar-refractivity contribution in [3.63, 3.8) is 0 Å². The van der Waals surface area contributed by atoms with Gasteiger partial charge in [0.05, 0.1) is 6.61 Å². The number of hydrogen-bond acceptors (Lipinski definition) is 4. The van der Waals surface area contributed by atoms with Crippen LogP contribution < -0.4 is 15.4 Å². The van der Waals surface area contributed by atoms with Crippen LogP contribution in [0, 0.1) is 6.92 Å². The molecule has 1 aliphatic rings. The Kier molecular flexibility index (Phi) is 10.2. The molecule has 0 unspecified atom stereocenters. The van der Waals surface area contributed by atoms with E-state index in [1.165, 1.54) is 32.1 Å². The molecule has 1 saturated carbocycles. The Hall–Kier alpha value is -1.84. The average molecular weight is 512 g/mol. The molecule has 0 radical (unpaired) electrons.